The lowest BCUT2D eigenvalue weighted by Crippen LogP contribution is -2.17. The number of hydrogen-bond donors (Lipinski definition) is 1. The second-order valence-corrected chi connectivity index (χ2v) is 5.27. The summed E-state index contributed by atoms with van der Waals surface area (Å²) in [5, 5.41) is 10.5. The number of nitro groups is 1. The number of rotatable bonds is 3. The highest BCUT2D eigenvalue weighted by Gasteiger charge is 2.34. The van der Waals surface area contributed by atoms with E-state index in [2.05, 4.69) is 0 Å². The molecule has 11 heteroatoms. The van der Waals surface area contributed by atoms with Gasteiger partial charge in [-0.1, -0.05) is 0 Å². The number of H-pyrrole nitrogens is 1. The van der Waals surface area contributed by atoms with Gasteiger partial charge in [0.15, 0.2) is 10.5 Å². The summed E-state index contributed by atoms with van der Waals surface area (Å²) < 4.78 is 46.8. The third kappa shape index (κ3) is 2.58. The summed E-state index contributed by atoms with van der Waals surface area (Å²) in [5.41, 5.74) is -4.51. The van der Waals surface area contributed by atoms with Crippen molar-refractivity contribution in [1.29, 1.82) is 0 Å². The molecule has 0 spiro atoms. The van der Waals surface area contributed by atoms with Crippen molar-refractivity contribution in [2.75, 3.05) is 0 Å². The molecule has 0 aliphatic heterocycles. The maximum Gasteiger partial charge on any atom is 0.305 e. The molecule has 7 nitrogen and oxygen atoms in total. The zero-order valence-corrected chi connectivity index (χ0v) is 9.26. The van der Waals surface area contributed by atoms with Gasteiger partial charge in [0, 0.05) is 16.9 Å². The number of halogens is 3. The van der Waals surface area contributed by atoms with Crippen LogP contribution in [0.15, 0.2) is 15.9 Å². The fourth-order valence-electron chi connectivity index (χ4n) is 1.09. The smallest absolute Gasteiger partial charge is 0.305 e. The lowest BCUT2D eigenvalue weighted by Gasteiger charge is -2.03. The largest absolute Gasteiger partial charge is 0.327 e. The predicted molar refractivity (Wildman–Crippen MR) is 51.7 cm³/mol. The first-order valence-corrected chi connectivity index (χ1v) is 6.10. The van der Waals surface area contributed by atoms with Gasteiger partial charge >= 0.3 is 5.69 Å². The average Bonchev–Trinajstić information content (AvgIpc) is 2.14. The van der Waals surface area contributed by atoms with Gasteiger partial charge < -0.3 is 4.98 Å². The van der Waals surface area contributed by atoms with Gasteiger partial charge in [-0.25, -0.2) is 17.2 Å². The van der Waals surface area contributed by atoms with Crippen molar-refractivity contribution < 1.29 is 22.1 Å². The summed E-state index contributed by atoms with van der Waals surface area (Å²) in [6.45, 7) is 0. The van der Waals surface area contributed by atoms with E-state index in [1.165, 1.54) is 0 Å². The Morgan fingerprint density at radius 1 is 1.47 bits per heavy atom. The Kier molecular flexibility index (Phi) is 3.48. The van der Waals surface area contributed by atoms with Gasteiger partial charge in [-0.05, 0) is 0 Å². The number of aromatic nitrogens is 1. The SMILES string of the molecule is O=c1[nH]cc(S(=O)(=O)Cl)c([N+](=O)[O-])c1C(F)F. The van der Waals surface area contributed by atoms with Gasteiger partial charge in [-0.2, -0.15) is 0 Å². The molecule has 0 unspecified atom stereocenters. The summed E-state index contributed by atoms with van der Waals surface area (Å²) in [7, 11) is 0.213. The second-order valence-electron chi connectivity index (χ2n) is 2.74. The lowest BCUT2D eigenvalue weighted by atomic mass is 10.2. The number of alkyl halides is 2. The predicted octanol–water partition coefficient (Wildman–Crippen LogP) is 1.15. The molecule has 17 heavy (non-hydrogen) atoms. The zero-order valence-electron chi connectivity index (χ0n) is 7.69. The molecule has 1 rings (SSSR count). The Labute approximate surface area is 96.6 Å². The van der Waals surface area contributed by atoms with E-state index >= 15 is 0 Å². The normalized spacial score (nSPS) is 11.8. The van der Waals surface area contributed by atoms with Crippen molar-refractivity contribution >= 4 is 25.4 Å². The van der Waals surface area contributed by atoms with E-state index in [9.17, 15) is 32.1 Å². The van der Waals surface area contributed by atoms with Crippen molar-refractivity contribution in [3.8, 4) is 0 Å². The van der Waals surface area contributed by atoms with E-state index in [4.69, 9.17) is 10.7 Å². The molecule has 1 N–H and O–H groups in total. The van der Waals surface area contributed by atoms with Crippen LogP contribution in [0.3, 0.4) is 0 Å². The van der Waals surface area contributed by atoms with Gasteiger partial charge in [0.05, 0.1) is 4.92 Å². The van der Waals surface area contributed by atoms with E-state index in [1.54, 1.807) is 4.98 Å². The molecular weight excluding hydrogens is 286 g/mol. The minimum absolute atomic E-state index is 0.397. The van der Waals surface area contributed by atoms with Crippen LogP contribution in [0, 0.1) is 10.1 Å². The Morgan fingerprint density at radius 2 is 2.00 bits per heavy atom. The summed E-state index contributed by atoms with van der Waals surface area (Å²) in [6, 6.07) is 0. The minimum Gasteiger partial charge on any atom is -0.327 e. The Hall–Kier alpha value is -1.55. The quantitative estimate of drug-likeness (QED) is 0.509. The molecule has 0 bridgehead atoms. The van der Waals surface area contributed by atoms with Crippen molar-refractivity contribution in [2.45, 2.75) is 11.3 Å². The standard InChI is InChI=1S/C6H3ClF2N2O5S/c7-17(15,16)2-1-10-6(12)3(5(8)9)4(2)11(13)14/h1,5H,(H,10,12). The van der Waals surface area contributed by atoms with Crippen molar-refractivity contribution in [3.63, 3.8) is 0 Å². The molecule has 1 heterocycles. The van der Waals surface area contributed by atoms with E-state index in [0.717, 1.165) is 0 Å². The highest BCUT2D eigenvalue weighted by Crippen LogP contribution is 2.32. The van der Waals surface area contributed by atoms with Crippen LogP contribution in [-0.4, -0.2) is 18.3 Å². The van der Waals surface area contributed by atoms with E-state index < -0.39 is 42.1 Å². The fraction of sp³-hybridized carbons (Fsp3) is 0.167. The van der Waals surface area contributed by atoms with Gasteiger partial charge in [-0.15, -0.1) is 0 Å². The Bertz CT molecular complexity index is 626. The zero-order chi connectivity index (χ0) is 13.4. The van der Waals surface area contributed by atoms with Crippen LogP contribution in [0.2, 0.25) is 0 Å². The van der Waals surface area contributed by atoms with E-state index in [0.29, 0.717) is 6.20 Å². The maximum absolute atomic E-state index is 12.5. The minimum atomic E-state index is -4.62. The molecule has 0 aliphatic carbocycles. The van der Waals surface area contributed by atoms with Gasteiger partial charge in [0.1, 0.15) is 0 Å². The topological polar surface area (TPSA) is 110 Å². The number of aromatic amines is 1. The average molecular weight is 289 g/mol. The number of nitrogens with zero attached hydrogens (tertiary/aromatic N) is 1. The van der Waals surface area contributed by atoms with Crippen molar-refractivity contribution in [2.24, 2.45) is 0 Å². The maximum atomic E-state index is 12.5. The highest BCUT2D eigenvalue weighted by molar-refractivity contribution is 8.13. The molecule has 0 radical (unpaired) electrons. The second kappa shape index (κ2) is 4.37. The summed E-state index contributed by atoms with van der Waals surface area (Å²) >= 11 is 0. The molecule has 94 valence electrons. The highest BCUT2D eigenvalue weighted by atomic mass is 35.7. The molecule has 0 saturated carbocycles. The third-order valence-corrected chi connectivity index (χ3v) is 3.07. The first-order valence-electron chi connectivity index (χ1n) is 3.79. The molecule has 0 amide bonds. The van der Waals surface area contributed by atoms with Crippen LogP contribution < -0.4 is 5.56 Å². The van der Waals surface area contributed by atoms with Crippen LogP contribution in [-0.2, 0) is 9.05 Å². The molecule has 1 aromatic heterocycles. The first kappa shape index (κ1) is 13.5. The summed E-state index contributed by atoms with van der Waals surface area (Å²) in [6.07, 6.45) is -3.10. The first-order chi connectivity index (χ1) is 7.66. The fourth-order valence-corrected chi connectivity index (χ4v) is 2.06. The van der Waals surface area contributed by atoms with Crippen LogP contribution in [0.4, 0.5) is 14.5 Å². The van der Waals surface area contributed by atoms with Gasteiger partial charge in [-0.3, -0.25) is 14.9 Å². The summed E-state index contributed by atoms with van der Waals surface area (Å²) in [4.78, 5) is 20.6. The lowest BCUT2D eigenvalue weighted by molar-refractivity contribution is -0.389. The van der Waals surface area contributed by atoms with Gasteiger partial charge in [0.25, 0.3) is 21.0 Å². The third-order valence-electron chi connectivity index (χ3n) is 1.73. The molecule has 0 saturated heterocycles. The Balaban J connectivity index is 3.85. The molecule has 0 aromatic carbocycles. The van der Waals surface area contributed by atoms with Crippen LogP contribution in [0.25, 0.3) is 0 Å². The van der Waals surface area contributed by atoms with Crippen molar-refractivity contribution in [1.82, 2.24) is 4.98 Å². The molecular formula is C6H3ClF2N2O5S. The molecule has 0 atom stereocenters. The van der Waals surface area contributed by atoms with E-state index in [1.807, 2.05) is 0 Å². The van der Waals surface area contributed by atoms with E-state index in [-0.39, 0.29) is 0 Å². The molecule has 1 aromatic rings. The molecule has 0 aliphatic rings. The number of pyridine rings is 1. The van der Waals surface area contributed by atoms with Gasteiger partial charge in [0.2, 0.25) is 0 Å². The molecule has 0 fully saturated rings. The monoisotopic (exact) mass is 288 g/mol. The number of nitrogens with one attached hydrogen (secondary N) is 1. The Morgan fingerprint density at radius 3 is 2.35 bits per heavy atom. The van der Waals surface area contributed by atoms with Crippen molar-refractivity contribution in [3.05, 3.63) is 32.2 Å². The van der Waals surface area contributed by atoms with Crippen LogP contribution in [0.1, 0.15) is 12.0 Å². The summed E-state index contributed by atoms with van der Waals surface area (Å²) in [5.74, 6) is 0. The number of hydrogen-bond acceptors (Lipinski definition) is 5. The van der Waals surface area contributed by atoms with Crippen LogP contribution in [0.5, 0.6) is 0 Å². The van der Waals surface area contributed by atoms with Crippen LogP contribution >= 0.6 is 10.7 Å².